The van der Waals surface area contributed by atoms with Gasteiger partial charge in [-0.05, 0) is 20.8 Å². The maximum absolute atomic E-state index is 10.3. The molecule has 68 valence electrons. The van der Waals surface area contributed by atoms with Crippen molar-refractivity contribution < 1.29 is 19.1 Å². The molecule has 0 saturated heterocycles. The maximum atomic E-state index is 10.3. The second-order valence-electron chi connectivity index (χ2n) is 3.18. The molecule has 0 rings (SSSR count). The van der Waals surface area contributed by atoms with E-state index in [2.05, 4.69) is 0 Å². The molecule has 0 aromatic rings. The third-order valence-corrected chi connectivity index (χ3v) is 1.88. The summed E-state index contributed by atoms with van der Waals surface area (Å²) < 4.78 is 15.0. The summed E-state index contributed by atoms with van der Waals surface area (Å²) in [5, 5.41) is 8.95. The molecule has 0 aromatic heterocycles. The highest BCUT2D eigenvalue weighted by atomic mass is 31.1. The van der Waals surface area contributed by atoms with Gasteiger partial charge in [0.1, 0.15) is 0 Å². The molecule has 0 aromatic carbocycles. The minimum Gasteiger partial charge on any atom is -0.393 e. The molecule has 2 unspecified atom stereocenters. The lowest BCUT2D eigenvalue weighted by molar-refractivity contribution is 0.0435. The van der Waals surface area contributed by atoms with Crippen molar-refractivity contribution in [1.29, 1.82) is 0 Å². The number of hydrogen-bond donors (Lipinski definition) is 2. The van der Waals surface area contributed by atoms with Crippen LogP contribution >= 0.6 is 8.25 Å². The first-order valence-corrected chi connectivity index (χ1v) is 4.70. The molecule has 0 aliphatic carbocycles. The van der Waals surface area contributed by atoms with E-state index in [9.17, 15) is 4.57 Å². The number of hydrogen-bond acceptors (Lipinski definition) is 3. The second kappa shape index (κ2) is 4.21. The van der Waals surface area contributed by atoms with Crippen LogP contribution in [-0.4, -0.2) is 21.7 Å². The molecule has 0 heterocycles. The van der Waals surface area contributed by atoms with Gasteiger partial charge in [-0.2, -0.15) is 0 Å². The van der Waals surface area contributed by atoms with Crippen molar-refractivity contribution in [2.24, 2.45) is 0 Å². The summed E-state index contributed by atoms with van der Waals surface area (Å²) in [5.41, 5.74) is -0.723. The molecular formula is C6H15O4P. The average molecular weight is 182 g/mol. The highest BCUT2D eigenvalue weighted by molar-refractivity contribution is 7.32. The van der Waals surface area contributed by atoms with Gasteiger partial charge < -0.3 is 14.5 Å². The Bertz CT molecular complexity index is 144. The summed E-state index contributed by atoms with van der Waals surface area (Å²) in [6.07, 6.45) is -0.171. The third-order valence-electron chi connectivity index (χ3n) is 1.15. The molecule has 0 saturated carbocycles. The van der Waals surface area contributed by atoms with Crippen molar-refractivity contribution in [2.45, 2.75) is 38.9 Å². The molecule has 4 nitrogen and oxygen atoms in total. The highest BCUT2D eigenvalue weighted by Crippen LogP contribution is 2.28. The lowest BCUT2D eigenvalue weighted by Crippen LogP contribution is -2.26. The number of aliphatic hydroxyl groups is 1. The summed E-state index contributed by atoms with van der Waals surface area (Å²) in [5.74, 6) is 0. The van der Waals surface area contributed by atoms with Gasteiger partial charge in [0.25, 0.3) is 0 Å². The van der Waals surface area contributed by atoms with Crippen LogP contribution in [0.3, 0.4) is 0 Å². The van der Waals surface area contributed by atoms with Crippen LogP contribution in [0.15, 0.2) is 0 Å². The summed E-state index contributed by atoms with van der Waals surface area (Å²) in [6.45, 7) is 4.94. The van der Waals surface area contributed by atoms with Crippen molar-refractivity contribution in [1.82, 2.24) is 0 Å². The predicted molar refractivity (Wildman–Crippen MR) is 42.7 cm³/mol. The zero-order valence-corrected chi connectivity index (χ0v) is 8.00. The molecule has 0 aliphatic rings. The Hall–Kier alpha value is 0.110. The predicted octanol–water partition coefficient (Wildman–Crippen LogP) is 0.934. The number of rotatable bonds is 4. The van der Waals surface area contributed by atoms with E-state index in [0.717, 1.165) is 0 Å². The smallest absolute Gasteiger partial charge is 0.317 e. The first kappa shape index (κ1) is 11.1. The summed E-state index contributed by atoms with van der Waals surface area (Å²) in [7, 11) is -2.90. The fourth-order valence-corrected chi connectivity index (χ4v) is 1.55. The molecule has 0 amide bonds. The zero-order valence-electron chi connectivity index (χ0n) is 7.00. The quantitative estimate of drug-likeness (QED) is 0.635. The topological polar surface area (TPSA) is 66.8 Å². The normalized spacial score (nSPS) is 17.9. The van der Waals surface area contributed by atoms with Gasteiger partial charge in [0, 0.05) is 6.42 Å². The van der Waals surface area contributed by atoms with Crippen molar-refractivity contribution in [2.75, 3.05) is 0 Å². The Morgan fingerprint density at radius 1 is 1.64 bits per heavy atom. The van der Waals surface area contributed by atoms with Gasteiger partial charge >= 0.3 is 8.25 Å². The fourth-order valence-electron chi connectivity index (χ4n) is 0.989. The van der Waals surface area contributed by atoms with Gasteiger partial charge in [-0.25, -0.2) is 0 Å². The lowest BCUT2D eigenvalue weighted by atomic mass is 10.0. The number of aliphatic hydroxyl groups excluding tert-OH is 1. The molecule has 0 radical (unpaired) electrons. The van der Waals surface area contributed by atoms with Gasteiger partial charge in [0.15, 0.2) is 0 Å². The zero-order chi connectivity index (χ0) is 9.07. The molecule has 0 bridgehead atoms. The third kappa shape index (κ3) is 6.51. The van der Waals surface area contributed by atoms with E-state index in [0.29, 0.717) is 6.42 Å². The van der Waals surface area contributed by atoms with E-state index in [-0.39, 0.29) is 0 Å². The minimum absolute atomic E-state index is 0.351. The van der Waals surface area contributed by atoms with Crippen molar-refractivity contribution >= 4 is 8.25 Å². The summed E-state index contributed by atoms with van der Waals surface area (Å²) >= 11 is 0. The fraction of sp³-hybridized carbons (Fsp3) is 1.00. The van der Waals surface area contributed by atoms with Crippen LogP contribution in [0.1, 0.15) is 27.2 Å². The molecule has 5 heteroatoms. The Labute approximate surface area is 67.1 Å². The Balaban J connectivity index is 3.89. The van der Waals surface area contributed by atoms with Gasteiger partial charge in [-0.1, -0.05) is 0 Å². The largest absolute Gasteiger partial charge is 0.393 e. The SMILES string of the molecule is CC(O)CC(C)(C)O[PH](=O)O. The molecule has 2 atom stereocenters. The average Bonchev–Trinajstić information content (AvgIpc) is 1.53. The Kier molecular flexibility index (Phi) is 4.26. The van der Waals surface area contributed by atoms with E-state index < -0.39 is 20.0 Å². The summed E-state index contributed by atoms with van der Waals surface area (Å²) in [4.78, 5) is 8.44. The molecule has 0 spiro atoms. The van der Waals surface area contributed by atoms with Crippen LogP contribution in [0.2, 0.25) is 0 Å². The first-order chi connectivity index (χ1) is 4.83. The summed E-state index contributed by atoms with van der Waals surface area (Å²) in [6, 6.07) is 0. The van der Waals surface area contributed by atoms with Crippen LogP contribution < -0.4 is 0 Å². The minimum atomic E-state index is -2.90. The van der Waals surface area contributed by atoms with Gasteiger partial charge in [0.05, 0.1) is 11.7 Å². The van der Waals surface area contributed by atoms with Gasteiger partial charge in [0.2, 0.25) is 0 Å². The standard InChI is InChI=1S/C6H15O4P/c1-5(7)4-6(2,3)10-11(8)9/h5,7,11H,4H2,1-3H3,(H,8,9). The second-order valence-corrected chi connectivity index (χ2v) is 3.92. The van der Waals surface area contributed by atoms with E-state index in [1.165, 1.54) is 0 Å². The molecule has 2 N–H and O–H groups in total. The Morgan fingerprint density at radius 2 is 2.09 bits per heavy atom. The van der Waals surface area contributed by atoms with Crippen LogP contribution in [-0.2, 0) is 9.09 Å². The van der Waals surface area contributed by atoms with Crippen LogP contribution in [0.5, 0.6) is 0 Å². The Morgan fingerprint density at radius 3 is 2.36 bits per heavy atom. The molecular weight excluding hydrogens is 167 g/mol. The van der Waals surface area contributed by atoms with E-state index in [1.54, 1.807) is 20.8 Å². The van der Waals surface area contributed by atoms with Crippen LogP contribution in [0, 0.1) is 0 Å². The van der Waals surface area contributed by atoms with Crippen molar-refractivity contribution in [3.63, 3.8) is 0 Å². The highest BCUT2D eigenvalue weighted by Gasteiger charge is 2.22. The molecule has 0 fully saturated rings. The van der Waals surface area contributed by atoms with Crippen molar-refractivity contribution in [3.05, 3.63) is 0 Å². The molecule has 0 aliphatic heterocycles. The molecule has 11 heavy (non-hydrogen) atoms. The van der Waals surface area contributed by atoms with Gasteiger partial charge in [-0.15, -0.1) is 0 Å². The lowest BCUT2D eigenvalue weighted by Gasteiger charge is -2.24. The monoisotopic (exact) mass is 182 g/mol. The maximum Gasteiger partial charge on any atom is 0.317 e. The first-order valence-electron chi connectivity index (χ1n) is 3.43. The van der Waals surface area contributed by atoms with Crippen LogP contribution in [0.25, 0.3) is 0 Å². The van der Waals surface area contributed by atoms with Crippen molar-refractivity contribution in [3.8, 4) is 0 Å². The van der Waals surface area contributed by atoms with Gasteiger partial charge in [-0.3, -0.25) is 4.57 Å². The van der Waals surface area contributed by atoms with E-state index >= 15 is 0 Å². The van der Waals surface area contributed by atoms with E-state index in [1.807, 2.05) is 0 Å². The van der Waals surface area contributed by atoms with E-state index in [4.69, 9.17) is 14.5 Å². The van der Waals surface area contributed by atoms with Crippen LogP contribution in [0.4, 0.5) is 0 Å².